The molecule has 0 spiro atoms. The number of hydrogen-bond donors (Lipinski definition) is 4. The number of guanidine groups is 1. The normalized spacial score (nSPS) is 24.6. The minimum atomic E-state index is -1.28. The van der Waals surface area contributed by atoms with Crippen molar-refractivity contribution in [3.8, 4) is 0 Å². The molecule has 2 aliphatic heterocycles. The molecule has 0 radical (unpaired) electrons. The number of nitrogens with two attached hydrogens (primary N) is 2. The molecule has 33 heavy (non-hydrogen) atoms. The summed E-state index contributed by atoms with van der Waals surface area (Å²) < 4.78 is 28.1. The Morgan fingerprint density at radius 3 is 2.42 bits per heavy atom. The highest BCUT2D eigenvalue weighted by Crippen LogP contribution is 2.30. The quantitative estimate of drug-likeness (QED) is 0.180. The van der Waals surface area contributed by atoms with Gasteiger partial charge in [0.05, 0.1) is 19.8 Å². The third kappa shape index (κ3) is 7.56. The second-order valence-electron chi connectivity index (χ2n) is 7.63. The van der Waals surface area contributed by atoms with E-state index in [2.05, 4.69) is 10.3 Å². The predicted molar refractivity (Wildman–Crippen MR) is 115 cm³/mol. The molecule has 182 valence electrons. The molecule has 1 amide bonds. The molecule has 5 atom stereocenters. The molecule has 0 saturated carbocycles. The van der Waals surface area contributed by atoms with Crippen LogP contribution in [0.15, 0.2) is 35.3 Å². The molecular formula is C21H30N4O8. The lowest BCUT2D eigenvalue weighted by Gasteiger charge is -2.20. The number of alkyl carbamates (subject to hydrolysis) is 1. The van der Waals surface area contributed by atoms with E-state index in [1.165, 1.54) is 0 Å². The number of benzene rings is 1. The van der Waals surface area contributed by atoms with Crippen molar-refractivity contribution < 1.29 is 38.4 Å². The number of fused-ring (bicyclic) bond motifs is 1. The van der Waals surface area contributed by atoms with Crippen LogP contribution in [0.4, 0.5) is 4.79 Å². The lowest BCUT2D eigenvalue weighted by molar-refractivity contribution is -0.142. The van der Waals surface area contributed by atoms with Gasteiger partial charge in [0.2, 0.25) is 0 Å². The van der Waals surface area contributed by atoms with E-state index >= 15 is 0 Å². The number of carbonyl (C=O) groups excluding carboxylic acids is 1. The average Bonchev–Trinajstić information content (AvgIpc) is 3.38. The maximum Gasteiger partial charge on any atom is 0.408 e. The zero-order chi connectivity index (χ0) is 23.6. The standard InChI is InChI=1S/C21H30N4O8/c22-20(23)24-7-4-8-29-15-11-31-18-16(12-32-17(15)18)30-10-14(19(26)27)25-21(28)33-9-13-5-2-1-3-6-13/h1-3,5-6,14-18H,4,7-12H2,(H,25,28)(H,26,27)(H4,22,23,24)/t14-,15+,16-,17+,18+/m0/s1. The Morgan fingerprint density at radius 1 is 1.12 bits per heavy atom. The summed E-state index contributed by atoms with van der Waals surface area (Å²) in [6, 6.07) is 7.78. The summed E-state index contributed by atoms with van der Waals surface area (Å²) >= 11 is 0. The summed E-state index contributed by atoms with van der Waals surface area (Å²) in [5, 5.41) is 11.7. The van der Waals surface area contributed by atoms with Crippen molar-refractivity contribution >= 4 is 18.0 Å². The van der Waals surface area contributed by atoms with E-state index in [0.717, 1.165) is 5.56 Å². The first-order valence-electron chi connectivity index (χ1n) is 10.7. The maximum absolute atomic E-state index is 12.0. The van der Waals surface area contributed by atoms with E-state index in [9.17, 15) is 14.7 Å². The van der Waals surface area contributed by atoms with Crippen LogP contribution in [0, 0.1) is 0 Å². The van der Waals surface area contributed by atoms with Crippen LogP contribution in [0.2, 0.25) is 0 Å². The first kappa shape index (κ1) is 24.7. The van der Waals surface area contributed by atoms with Crippen LogP contribution in [-0.2, 0) is 35.1 Å². The van der Waals surface area contributed by atoms with Crippen molar-refractivity contribution in [2.75, 3.05) is 33.0 Å². The number of carboxylic acid groups (broad SMARTS) is 1. The highest BCUT2D eigenvalue weighted by Gasteiger charge is 2.49. The molecule has 2 heterocycles. The van der Waals surface area contributed by atoms with Gasteiger partial charge in [0, 0.05) is 13.2 Å². The molecule has 2 saturated heterocycles. The van der Waals surface area contributed by atoms with Crippen molar-refractivity contribution in [3.05, 3.63) is 35.9 Å². The number of hydrogen-bond acceptors (Lipinski definition) is 8. The molecule has 2 fully saturated rings. The van der Waals surface area contributed by atoms with Crippen LogP contribution in [0.1, 0.15) is 12.0 Å². The minimum absolute atomic E-state index is 0.0290. The largest absolute Gasteiger partial charge is 0.480 e. The van der Waals surface area contributed by atoms with Gasteiger partial charge in [-0.15, -0.1) is 0 Å². The number of carbonyl (C=O) groups is 2. The summed E-state index contributed by atoms with van der Waals surface area (Å²) in [6.45, 7) is 1.24. The van der Waals surface area contributed by atoms with E-state index in [1.54, 1.807) is 12.1 Å². The number of ether oxygens (including phenoxy) is 5. The van der Waals surface area contributed by atoms with E-state index in [0.29, 0.717) is 26.2 Å². The zero-order valence-corrected chi connectivity index (χ0v) is 18.1. The number of amides is 1. The Morgan fingerprint density at radius 2 is 1.79 bits per heavy atom. The second kappa shape index (κ2) is 12.3. The molecule has 12 heteroatoms. The Bertz CT molecular complexity index is 805. The van der Waals surface area contributed by atoms with Gasteiger partial charge in [-0.1, -0.05) is 30.3 Å². The van der Waals surface area contributed by atoms with Gasteiger partial charge >= 0.3 is 12.1 Å². The van der Waals surface area contributed by atoms with Crippen LogP contribution >= 0.6 is 0 Å². The van der Waals surface area contributed by atoms with Crippen LogP contribution in [0.25, 0.3) is 0 Å². The average molecular weight is 466 g/mol. The second-order valence-corrected chi connectivity index (χ2v) is 7.63. The molecule has 6 N–H and O–H groups in total. The summed E-state index contributed by atoms with van der Waals surface area (Å²) in [6.07, 6.45) is -1.63. The van der Waals surface area contributed by atoms with Crippen molar-refractivity contribution in [1.29, 1.82) is 0 Å². The fourth-order valence-corrected chi connectivity index (χ4v) is 3.52. The molecule has 12 nitrogen and oxygen atoms in total. The van der Waals surface area contributed by atoms with Gasteiger partial charge < -0.3 is 45.6 Å². The fourth-order valence-electron chi connectivity index (χ4n) is 3.52. The van der Waals surface area contributed by atoms with Crippen LogP contribution < -0.4 is 16.8 Å². The van der Waals surface area contributed by atoms with Gasteiger partial charge in [-0.3, -0.25) is 4.99 Å². The zero-order valence-electron chi connectivity index (χ0n) is 18.1. The fraction of sp³-hybridized carbons (Fsp3) is 0.571. The van der Waals surface area contributed by atoms with Gasteiger partial charge in [0.25, 0.3) is 0 Å². The highest BCUT2D eigenvalue weighted by atomic mass is 16.6. The van der Waals surface area contributed by atoms with E-state index in [-0.39, 0.29) is 44.1 Å². The van der Waals surface area contributed by atoms with Gasteiger partial charge in [-0.25, -0.2) is 9.59 Å². The first-order chi connectivity index (χ1) is 15.9. The van der Waals surface area contributed by atoms with Crippen molar-refractivity contribution in [1.82, 2.24) is 5.32 Å². The third-order valence-electron chi connectivity index (χ3n) is 5.17. The summed E-state index contributed by atoms with van der Waals surface area (Å²) in [4.78, 5) is 27.4. The number of nitrogens with zero attached hydrogens (tertiary/aromatic N) is 1. The number of aliphatic imine (C=N–C) groups is 1. The van der Waals surface area contributed by atoms with Crippen molar-refractivity contribution in [2.24, 2.45) is 16.5 Å². The predicted octanol–water partition coefficient (Wildman–Crippen LogP) is -0.402. The SMILES string of the molecule is NC(N)=NCCCO[C@@H]1CO[C@H]2[C@@H]1OC[C@@H]2OC[C@H](NC(=O)OCc1ccccc1)C(=O)O. The Hall–Kier alpha value is -2.93. The molecule has 0 bridgehead atoms. The van der Waals surface area contributed by atoms with Gasteiger partial charge in [-0.05, 0) is 12.0 Å². The Kier molecular flexibility index (Phi) is 9.24. The molecule has 0 unspecified atom stereocenters. The summed E-state index contributed by atoms with van der Waals surface area (Å²) in [5.41, 5.74) is 11.4. The molecule has 0 aromatic heterocycles. The lowest BCUT2D eigenvalue weighted by Crippen LogP contribution is -2.46. The van der Waals surface area contributed by atoms with Gasteiger partial charge in [-0.2, -0.15) is 0 Å². The van der Waals surface area contributed by atoms with E-state index in [4.69, 9.17) is 35.2 Å². The third-order valence-corrected chi connectivity index (χ3v) is 5.17. The van der Waals surface area contributed by atoms with E-state index < -0.39 is 24.2 Å². The number of aliphatic carboxylic acids is 1. The van der Waals surface area contributed by atoms with E-state index in [1.807, 2.05) is 18.2 Å². The molecule has 1 aromatic carbocycles. The van der Waals surface area contributed by atoms with Gasteiger partial charge in [0.1, 0.15) is 31.0 Å². The monoisotopic (exact) mass is 466 g/mol. The number of carboxylic acids is 1. The molecule has 2 aliphatic rings. The van der Waals surface area contributed by atoms with Crippen LogP contribution in [0.3, 0.4) is 0 Å². The number of nitrogens with one attached hydrogen (secondary N) is 1. The number of rotatable bonds is 12. The summed E-state index contributed by atoms with van der Waals surface area (Å²) in [5.74, 6) is -1.20. The Balaban J connectivity index is 1.39. The van der Waals surface area contributed by atoms with Crippen LogP contribution in [-0.4, -0.2) is 86.6 Å². The smallest absolute Gasteiger partial charge is 0.408 e. The molecule has 0 aliphatic carbocycles. The Labute approximate surface area is 191 Å². The maximum atomic E-state index is 12.0. The summed E-state index contributed by atoms with van der Waals surface area (Å²) in [7, 11) is 0. The first-order valence-corrected chi connectivity index (χ1v) is 10.7. The topological polar surface area (TPSA) is 177 Å². The van der Waals surface area contributed by atoms with Crippen molar-refractivity contribution in [3.63, 3.8) is 0 Å². The lowest BCUT2D eigenvalue weighted by atomic mass is 10.1. The van der Waals surface area contributed by atoms with Crippen molar-refractivity contribution in [2.45, 2.75) is 43.5 Å². The van der Waals surface area contributed by atoms with Crippen LogP contribution in [0.5, 0.6) is 0 Å². The van der Waals surface area contributed by atoms with Gasteiger partial charge in [0.15, 0.2) is 12.0 Å². The molecular weight excluding hydrogens is 436 g/mol. The minimum Gasteiger partial charge on any atom is -0.480 e. The molecule has 1 aromatic rings. The highest BCUT2D eigenvalue weighted by molar-refractivity contribution is 5.80. The molecule has 3 rings (SSSR count).